The van der Waals surface area contributed by atoms with Crippen LogP contribution in [-0.4, -0.2) is 13.0 Å². The number of hydrogen-bond donors (Lipinski definition) is 1. The maximum Gasteiger partial charge on any atom is 0.228 e. The summed E-state index contributed by atoms with van der Waals surface area (Å²) in [4.78, 5) is 12.4. The molecule has 0 bridgehead atoms. The van der Waals surface area contributed by atoms with Gasteiger partial charge in [0.05, 0.1) is 18.9 Å². The molecule has 3 nitrogen and oxygen atoms in total. The number of thiophene rings is 1. The first-order valence-corrected chi connectivity index (χ1v) is 7.66. The Bertz CT molecular complexity index is 684. The zero-order chi connectivity index (χ0) is 14.3. The van der Waals surface area contributed by atoms with Gasteiger partial charge in [-0.1, -0.05) is 11.6 Å². The molecule has 1 aliphatic heterocycles. The fourth-order valence-corrected chi connectivity index (χ4v) is 3.76. The molecular weight excluding hydrogens is 317 g/mol. The molecule has 0 aliphatic carbocycles. The molecule has 1 amide bonds. The van der Waals surface area contributed by atoms with Gasteiger partial charge in [0, 0.05) is 21.0 Å². The van der Waals surface area contributed by atoms with Crippen LogP contribution < -0.4 is 10.1 Å². The Kier molecular flexibility index (Phi) is 3.63. The summed E-state index contributed by atoms with van der Waals surface area (Å²) >= 11 is 14.3. The second-order valence-electron chi connectivity index (χ2n) is 4.51. The molecule has 1 aromatic heterocycles. The van der Waals surface area contributed by atoms with Crippen LogP contribution in [0.4, 0.5) is 5.69 Å². The highest BCUT2D eigenvalue weighted by atomic mass is 35.5. The van der Waals surface area contributed by atoms with Crippen molar-refractivity contribution < 1.29 is 9.53 Å². The van der Waals surface area contributed by atoms with Crippen LogP contribution in [-0.2, 0) is 11.2 Å². The molecule has 2 aromatic rings. The summed E-state index contributed by atoms with van der Waals surface area (Å²) < 4.78 is 5.16. The Morgan fingerprint density at radius 1 is 1.40 bits per heavy atom. The number of alkyl halides is 1. The molecular formula is C14H11Cl2NO2S. The summed E-state index contributed by atoms with van der Waals surface area (Å²) in [7, 11) is 1.62. The SMILES string of the molecule is COc1csc(C(Cl)c2cc3c(cc2Cl)NC(=O)C3)c1. The average Bonchev–Trinajstić information content (AvgIpc) is 3.02. The van der Waals surface area contributed by atoms with Crippen molar-refractivity contribution in [2.24, 2.45) is 0 Å². The minimum atomic E-state index is -0.350. The summed E-state index contributed by atoms with van der Waals surface area (Å²) in [5.41, 5.74) is 2.52. The van der Waals surface area contributed by atoms with Gasteiger partial charge >= 0.3 is 0 Å². The largest absolute Gasteiger partial charge is 0.496 e. The third-order valence-electron chi connectivity index (χ3n) is 3.20. The monoisotopic (exact) mass is 327 g/mol. The van der Waals surface area contributed by atoms with E-state index in [1.165, 1.54) is 11.3 Å². The number of benzene rings is 1. The normalized spacial score (nSPS) is 14.8. The van der Waals surface area contributed by atoms with Crippen molar-refractivity contribution >= 4 is 46.1 Å². The van der Waals surface area contributed by atoms with Crippen LogP contribution in [0.1, 0.15) is 21.4 Å². The van der Waals surface area contributed by atoms with E-state index in [0.717, 1.165) is 27.4 Å². The van der Waals surface area contributed by atoms with Gasteiger partial charge in [0.2, 0.25) is 5.91 Å². The van der Waals surface area contributed by atoms with E-state index in [9.17, 15) is 4.79 Å². The van der Waals surface area contributed by atoms with Crippen LogP contribution in [0.25, 0.3) is 0 Å². The molecule has 2 heterocycles. The molecule has 1 atom stereocenters. The molecule has 3 rings (SSSR count). The topological polar surface area (TPSA) is 38.3 Å². The van der Waals surface area contributed by atoms with Crippen LogP contribution >= 0.6 is 34.5 Å². The molecule has 0 fully saturated rings. The standard InChI is InChI=1S/C14H11Cl2NO2S/c1-19-8-4-12(20-6-8)14(16)9-2-7-3-13(18)17-11(7)5-10(9)15/h2,4-6,14H,3H2,1H3,(H,17,18). The van der Waals surface area contributed by atoms with Gasteiger partial charge in [-0.2, -0.15) is 0 Å². The summed E-state index contributed by atoms with van der Waals surface area (Å²) in [5, 5.41) is 4.88. The van der Waals surface area contributed by atoms with Crippen molar-refractivity contribution in [2.75, 3.05) is 12.4 Å². The number of halogens is 2. The summed E-state index contributed by atoms with van der Waals surface area (Å²) in [6.45, 7) is 0. The van der Waals surface area contributed by atoms with Crippen molar-refractivity contribution in [3.63, 3.8) is 0 Å². The molecule has 1 N–H and O–H groups in total. The second kappa shape index (κ2) is 5.28. The van der Waals surface area contributed by atoms with Gasteiger partial charge in [-0.15, -0.1) is 22.9 Å². The van der Waals surface area contributed by atoms with E-state index < -0.39 is 0 Å². The van der Waals surface area contributed by atoms with Gasteiger partial charge in [-0.05, 0) is 29.3 Å². The van der Waals surface area contributed by atoms with Crippen LogP contribution in [0, 0.1) is 0 Å². The van der Waals surface area contributed by atoms with E-state index in [1.807, 2.05) is 17.5 Å². The average molecular weight is 328 g/mol. The third-order valence-corrected chi connectivity index (χ3v) is 5.10. The second-order valence-corrected chi connectivity index (χ2v) is 6.29. The number of methoxy groups -OCH3 is 1. The number of anilines is 1. The maximum atomic E-state index is 11.4. The highest BCUT2D eigenvalue weighted by Gasteiger charge is 2.23. The Labute approximate surface area is 130 Å². The zero-order valence-corrected chi connectivity index (χ0v) is 12.9. The predicted octanol–water partition coefficient (Wildman–Crippen LogP) is 4.23. The lowest BCUT2D eigenvalue weighted by Crippen LogP contribution is -2.03. The summed E-state index contributed by atoms with van der Waals surface area (Å²) in [5.74, 6) is 0.766. The van der Waals surface area contributed by atoms with Crippen LogP contribution in [0.2, 0.25) is 5.02 Å². The van der Waals surface area contributed by atoms with E-state index in [2.05, 4.69) is 5.32 Å². The maximum absolute atomic E-state index is 11.4. The van der Waals surface area contributed by atoms with Crippen molar-refractivity contribution in [1.82, 2.24) is 0 Å². The summed E-state index contributed by atoms with van der Waals surface area (Å²) in [6, 6.07) is 5.56. The van der Waals surface area contributed by atoms with E-state index in [4.69, 9.17) is 27.9 Å². The Hall–Kier alpha value is -1.23. The molecule has 1 aromatic carbocycles. The zero-order valence-electron chi connectivity index (χ0n) is 10.6. The van der Waals surface area contributed by atoms with Crippen molar-refractivity contribution in [3.05, 3.63) is 44.6 Å². The smallest absolute Gasteiger partial charge is 0.228 e. The van der Waals surface area contributed by atoms with Gasteiger partial charge in [-0.25, -0.2) is 0 Å². The fourth-order valence-electron chi connectivity index (χ4n) is 2.19. The fraction of sp³-hybridized carbons (Fsp3) is 0.214. The van der Waals surface area contributed by atoms with Gasteiger partial charge in [0.15, 0.2) is 0 Å². The molecule has 0 saturated carbocycles. The highest BCUT2D eigenvalue weighted by Crippen LogP contribution is 2.41. The lowest BCUT2D eigenvalue weighted by Gasteiger charge is -2.12. The van der Waals surface area contributed by atoms with Crippen LogP contribution in [0.3, 0.4) is 0 Å². The molecule has 0 radical (unpaired) electrons. The number of carbonyl (C=O) groups excluding carboxylic acids is 1. The van der Waals surface area contributed by atoms with Crippen molar-refractivity contribution in [1.29, 1.82) is 0 Å². The number of rotatable bonds is 3. The number of amides is 1. The number of fused-ring (bicyclic) bond motifs is 1. The molecule has 104 valence electrons. The van der Waals surface area contributed by atoms with Crippen molar-refractivity contribution in [2.45, 2.75) is 11.8 Å². The third kappa shape index (κ3) is 2.39. The van der Waals surface area contributed by atoms with E-state index in [1.54, 1.807) is 13.2 Å². The van der Waals surface area contributed by atoms with Gasteiger partial charge < -0.3 is 10.1 Å². The first-order chi connectivity index (χ1) is 9.58. The molecule has 0 saturated heterocycles. The first-order valence-electron chi connectivity index (χ1n) is 5.97. The Balaban J connectivity index is 1.97. The lowest BCUT2D eigenvalue weighted by atomic mass is 10.0. The first kappa shape index (κ1) is 13.7. The molecule has 6 heteroatoms. The molecule has 20 heavy (non-hydrogen) atoms. The molecule has 1 unspecified atom stereocenters. The number of nitrogens with one attached hydrogen (secondary N) is 1. The molecule has 1 aliphatic rings. The number of ether oxygens (including phenoxy) is 1. The van der Waals surface area contributed by atoms with E-state index in [0.29, 0.717) is 11.4 Å². The number of hydrogen-bond acceptors (Lipinski definition) is 3. The molecule has 0 spiro atoms. The highest BCUT2D eigenvalue weighted by molar-refractivity contribution is 7.10. The summed E-state index contributed by atoms with van der Waals surface area (Å²) in [6.07, 6.45) is 0.372. The lowest BCUT2D eigenvalue weighted by molar-refractivity contribution is -0.115. The van der Waals surface area contributed by atoms with Crippen molar-refractivity contribution in [3.8, 4) is 5.75 Å². The van der Waals surface area contributed by atoms with Crippen LogP contribution in [0.15, 0.2) is 23.6 Å². The van der Waals surface area contributed by atoms with Gasteiger partial charge in [-0.3, -0.25) is 4.79 Å². The van der Waals surface area contributed by atoms with Gasteiger partial charge in [0.25, 0.3) is 0 Å². The predicted molar refractivity (Wildman–Crippen MR) is 82.4 cm³/mol. The quantitative estimate of drug-likeness (QED) is 0.856. The van der Waals surface area contributed by atoms with Gasteiger partial charge in [0.1, 0.15) is 5.75 Å². The Morgan fingerprint density at radius 2 is 2.20 bits per heavy atom. The number of carbonyl (C=O) groups is 1. The Morgan fingerprint density at radius 3 is 2.90 bits per heavy atom. The minimum Gasteiger partial charge on any atom is -0.496 e. The van der Waals surface area contributed by atoms with E-state index >= 15 is 0 Å². The minimum absolute atomic E-state index is 0.0165. The van der Waals surface area contributed by atoms with E-state index in [-0.39, 0.29) is 11.3 Å². The van der Waals surface area contributed by atoms with Crippen LogP contribution in [0.5, 0.6) is 5.75 Å².